The van der Waals surface area contributed by atoms with Crippen LogP contribution in [0.3, 0.4) is 0 Å². The predicted molar refractivity (Wildman–Crippen MR) is 88.4 cm³/mol. The van der Waals surface area contributed by atoms with Crippen LogP contribution in [0.4, 0.5) is 16.2 Å². The summed E-state index contributed by atoms with van der Waals surface area (Å²) in [6.07, 6.45) is 1.81. The maximum absolute atomic E-state index is 12.6. The molecule has 1 amide bonds. The highest BCUT2D eigenvalue weighted by Gasteiger charge is 2.32. The fourth-order valence-corrected chi connectivity index (χ4v) is 4.32. The van der Waals surface area contributed by atoms with E-state index in [1.54, 1.807) is 12.1 Å². The molecule has 3 N–H and O–H groups in total. The molecule has 6 nitrogen and oxygen atoms in total. The van der Waals surface area contributed by atoms with E-state index >= 15 is 0 Å². The molecule has 0 saturated heterocycles. The van der Waals surface area contributed by atoms with Crippen molar-refractivity contribution < 1.29 is 14.1 Å². The maximum atomic E-state index is 12.6. The van der Waals surface area contributed by atoms with Crippen molar-refractivity contribution in [3.05, 3.63) is 18.2 Å². The number of fused-ring (bicyclic) bond motifs is 1. The first kappa shape index (κ1) is 16.0. The third-order valence-corrected chi connectivity index (χ3v) is 5.46. The van der Waals surface area contributed by atoms with E-state index in [0.29, 0.717) is 29.5 Å². The summed E-state index contributed by atoms with van der Waals surface area (Å²) < 4.78 is 18.1. The molecule has 0 spiro atoms. The second-order valence-electron chi connectivity index (χ2n) is 4.64. The van der Waals surface area contributed by atoms with Crippen LogP contribution in [0.1, 0.15) is 26.7 Å². The van der Waals surface area contributed by atoms with Crippen LogP contribution in [0.15, 0.2) is 18.2 Å². The molecule has 0 saturated carbocycles. The van der Waals surface area contributed by atoms with Crippen molar-refractivity contribution in [3.8, 4) is 5.75 Å². The van der Waals surface area contributed by atoms with Crippen molar-refractivity contribution >= 4 is 36.0 Å². The number of nitrogens with one attached hydrogen (secondary N) is 3. The number of thioether (sulfide) groups is 1. The molecule has 1 aromatic carbocycles. The number of carbonyl (C=O) groups excluding carboxylic acids is 1. The molecule has 2 rings (SSSR count). The van der Waals surface area contributed by atoms with Crippen LogP contribution < -0.4 is 20.0 Å². The lowest BCUT2D eigenvalue weighted by molar-refractivity contribution is 0.264. The molecular weight excluding hydrogens is 309 g/mol. The average Bonchev–Trinajstić information content (AvgIpc) is 2.77. The Bertz CT molecular complexity index is 568. The Morgan fingerprint density at radius 3 is 2.76 bits per heavy atom. The number of hydrogen-bond donors (Lipinski definition) is 3. The number of rotatable bonds is 6. The van der Waals surface area contributed by atoms with Gasteiger partial charge in [0.25, 0.3) is 5.24 Å². The largest absolute Gasteiger partial charge is 0.494 e. The number of amides is 1. The van der Waals surface area contributed by atoms with E-state index in [2.05, 4.69) is 15.3 Å². The molecule has 0 radical (unpaired) electrons. The van der Waals surface area contributed by atoms with Gasteiger partial charge in [-0.2, -0.15) is 0 Å². The van der Waals surface area contributed by atoms with E-state index < -0.39 is 7.59 Å². The zero-order chi connectivity index (χ0) is 15.3. The summed E-state index contributed by atoms with van der Waals surface area (Å²) in [7, 11) is -3.17. The summed E-state index contributed by atoms with van der Waals surface area (Å²) in [5, 5.41) is 7.92. The topological polar surface area (TPSA) is 79.5 Å². The van der Waals surface area contributed by atoms with Gasteiger partial charge in [-0.05, 0) is 25.0 Å². The third kappa shape index (κ3) is 4.32. The first-order chi connectivity index (χ1) is 10.1. The Hall–Kier alpha value is -1.33. The molecular formula is C13H20N3O3PS. The lowest BCUT2D eigenvalue weighted by Crippen LogP contribution is -2.21. The highest BCUT2D eigenvalue weighted by atomic mass is 32.2. The van der Waals surface area contributed by atoms with Crippen molar-refractivity contribution in [1.29, 1.82) is 0 Å². The van der Waals surface area contributed by atoms with E-state index in [9.17, 15) is 9.36 Å². The molecule has 1 aliphatic rings. The van der Waals surface area contributed by atoms with Crippen molar-refractivity contribution in [2.75, 3.05) is 22.5 Å². The Labute approximate surface area is 128 Å². The van der Waals surface area contributed by atoms with Crippen LogP contribution in [0.25, 0.3) is 0 Å². The molecule has 21 heavy (non-hydrogen) atoms. The summed E-state index contributed by atoms with van der Waals surface area (Å²) in [6.45, 7) is 4.65. The first-order valence-corrected chi connectivity index (χ1v) is 9.64. The highest BCUT2D eigenvalue weighted by molar-refractivity contribution is 8.14. The summed E-state index contributed by atoms with van der Waals surface area (Å²) in [5.41, 5.74) is 1.37. The number of ether oxygens (including phenoxy) is 1. The number of benzene rings is 1. The zero-order valence-electron chi connectivity index (χ0n) is 12.1. The Balaban J connectivity index is 2.00. The molecule has 1 unspecified atom stereocenters. The van der Waals surface area contributed by atoms with Crippen LogP contribution in [0.5, 0.6) is 5.75 Å². The lowest BCUT2D eigenvalue weighted by Gasteiger charge is -2.13. The molecule has 0 aliphatic carbocycles. The number of carbonyl (C=O) groups is 1. The van der Waals surface area contributed by atoms with Crippen molar-refractivity contribution in [2.45, 2.75) is 26.7 Å². The molecule has 0 fully saturated rings. The molecule has 1 aliphatic heterocycles. The van der Waals surface area contributed by atoms with Crippen LogP contribution in [0, 0.1) is 0 Å². The number of hydrogen-bond acceptors (Lipinski definition) is 4. The monoisotopic (exact) mass is 329 g/mol. The molecule has 8 heteroatoms. The van der Waals surface area contributed by atoms with E-state index in [0.717, 1.165) is 24.6 Å². The SMILES string of the molecule is CCCOc1ccc2c(c1)NP(=O)(NC(=O)SCCC)N2. The minimum atomic E-state index is -3.17. The standard InChI is InChI=1S/C13H20N3O3PS/c1-3-7-19-10-5-6-11-12(9-10)15-20(18,14-11)16-13(17)21-8-4-2/h5-6,9H,3-4,7-8H2,1-2H3,(H3,14,15,16,17,18). The van der Waals surface area contributed by atoms with E-state index in [1.165, 1.54) is 0 Å². The molecule has 0 aromatic heterocycles. The minimum absolute atomic E-state index is 0.296. The Morgan fingerprint density at radius 1 is 1.29 bits per heavy atom. The van der Waals surface area contributed by atoms with Crippen molar-refractivity contribution in [2.24, 2.45) is 0 Å². The van der Waals surface area contributed by atoms with Gasteiger partial charge in [-0.3, -0.25) is 14.4 Å². The van der Waals surface area contributed by atoms with E-state index in [-0.39, 0.29) is 5.24 Å². The first-order valence-electron chi connectivity index (χ1n) is 6.95. The van der Waals surface area contributed by atoms with Gasteiger partial charge in [0, 0.05) is 11.8 Å². The summed E-state index contributed by atoms with van der Waals surface area (Å²) in [4.78, 5) is 11.7. The summed E-state index contributed by atoms with van der Waals surface area (Å²) in [5.74, 6) is 1.42. The van der Waals surface area contributed by atoms with Gasteiger partial charge in [0.15, 0.2) is 0 Å². The van der Waals surface area contributed by atoms with Gasteiger partial charge in [0.2, 0.25) is 0 Å². The third-order valence-electron chi connectivity index (χ3n) is 2.71. The van der Waals surface area contributed by atoms with E-state index in [4.69, 9.17) is 4.74 Å². The van der Waals surface area contributed by atoms with Crippen molar-refractivity contribution in [3.63, 3.8) is 0 Å². The fourth-order valence-electron chi connectivity index (χ4n) is 1.80. The van der Waals surface area contributed by atoms with Gasteiger partial charge >= 0.3 is 7.59 Å². The molecule has 0 bridgehead atoms. The molecule has 116 valence electrons. The second kappa shape index (κ2) is 7.09. The smallest absolute Gasteiger partial charge is 0.355 e. The van der Waals surface area contributed by atoms with Crippen LogP contribution in [-0.4, -0.2) is 17.6 Å². The fraction of sp³-hybridized carbons (Fsp3) is 0.462. The number of anilines is 2. The molecule has 1 aromatic rings. The van der Waals surface area contributed by atoms with Gasteiger partial charge in [-0.1, -0.05) is 25.6 Å². The van der Waals surface area contributed by atoms with Gasteiger partial charge in [-0.15, -0.1) is 0 Å². The van der Waals surface area contributed by atoms with Crippen LogP contribution in [-0.2, 0) is 4.57 Å². The zero-order valence-corrected chi connectivity index (χ0v) is 13.9. The van der Waals surface area contributed by atoms with Gasteiger partial charge in [-0.25, -0.2) is 0 Å². The van der Waals surface area contributed by atoms with Gasteiger partial charge in [0.05, 0.1) is 18.0 Å². The summed E-state index contributed by atoms with van der Waals surface area (Å²) >= 11 is 1.13. The quantitative estimate of drug-likeness (QED) is 0.676. The Morgan fingerprint density at radius 2 is 2.05 bits per heavy atom. The van der Waals surface area contributed by atoms with Gasteiger partial charge in [0.1, 0.15) is 5.75 Å². The Kier molecular flexibility index (Phi) is 5.42. The average molecular weight is 329 g/mol. The van der Waals surface area contributed by atoms with Crippen LogP contribution >= 0.6 is 19.4 Å². The lowest BCUT2D eigenvalue weighted by atomic mass is 10.2. The van der Waals surface area contributed by atoms with Crippen molar-refractivity contribution in [1.82, 2.24) is 5.09 Å². The normalized spacial score (nSPS) is 19.3. The molecule has 1 heterocycles. The molecule has 1 atom stereocenters. The second-order valence-corrected chi connectivity index (χ2v) is 7.59. The van der Waals surface area contributed by atoms with Crippen LogP contribution in [0.2, 0.25) is 0 Å². The van der Waals surface area contributed by atoms with E-state index in [1.807, 2.05) is 19.9 Å². The minimum Gasteiger partial charge on any atom is -0.494 e. The van der Waals surface area contributed by atoms with Gasteiger partial charge < -0.3 is 14.9 Å². The predicted octanol–water partition coefficient (Wildman–Crippen LogP) is 4.27. The highest BCUT2D eigenvalue weighted by Crippen LogP contribution is 2.52. The maximum Gasteiger partial charge on any atom is 0.355 e. The summed E-state index contributed by atoms with van der Waals surface area (Å²) in [6, 6.07) is 5.38.